The molecule has 37 heavy (non-hydrogen) atoms. The highest BCUT2D eigenvalue weighted by atomic mass is 15.2. The molecule has 4 heterocycles. The Balaban J connectivity index is 1.12. The molecular weight excluding hydrogens is 456 g/mol. The maximum atomic E-state index is 5.51. The molecule has 2 N–H and O–H groups in total. The van der Waals surface area contributed by atoms with E-state index in [-0.39, 0.29) is 0 Å². The molecule has 1 saturated carbocycles. The number of piperidine rings is 1. The van der Waals surface area contributed by atoms with E-state index < -0.39 is 0 Å². The number of benzene rings is 2. The summed E-state index contributed by atoms with van der Waals surface area (Å²) in [7, 11) is 0. The molecule has 1 aliphatic heterocycles. The third-order valence-corrected chi connectivity index (χ3v) is 7.73. The van der Waals surface area contributed by atoms with E-state index in [0.717, 1.165) is 65.4 Å². The van der Waals surface area contributed by atoms with E-state index in [1.54, 1.807) is 6.33 Å². The molecule has 0 bridgehead atoms. The molecule has 0 amide bonds. The van der Waals surface area contributed by atoms with Crippen molar-refractivity contribution in [1.82, 2.24) is 24.9 Å². The van der Waals surface area contributed by atoms with E-state index in [1.165, 1.54) is 29.8 Å². The Hall–Kier alpha value is -4.37. The van der Waals surface area contributed by atoms with E-state index >= 15 is 0 Å². The van der Waals surface area contributed by atoms with Crippen LogP contribution in [0.1, 0.15) is 54.6 Å². The number of imidazole rings is 1. The zero-order valence-corrected chi connectivity index (χ0v) is 20.6. The molecule has 1 aliphatic carbocycles. The van der Waals surface area contributed by atoms with Crippen molar-refractivity contribution in [3.8, 4) is 34.9 Å². The Bertz CT molecular complexity index is 1590. The molecule has 2 fully saturated rings. The van der Waals surface area contributed by atoms with Crippen molar-refractivity contribution in [3.05, 3.63) is 84.1 Å². The lowest BCUT2D eigenvalue weighted by Crippen LogP contribution is -2.34. The third kappa shape index (κ3) is 4.07. The summed E-state index contributed by atoms with van der Waals surface area (Å²) in [5, 5.41) is 1.05. The molecule has 0 spiro atoms. The second-order valence-electron chi connectivity index (χ2n) is 10.1. The van der Waals surface area contributed by atoms with Gasteiger partial charge in [0.1, 0.15) is 23.6 Å². The summed E-state index contributed by atoms with van der Waals surface area (Å²) in [6.07, 6.45) is 11.8. The fraction of sp³-hybridized carbons (Fsp3) is 0.258. The Kier molecular flexibility index (Phi) is 5.28. The summed E-state index contributed by atoms with van der Waals surface area (Å²) in [6, 6.07) is 20.8. The number of aromatic nitrogens is 5. The van der Waals surface area contributed by atoms with Crippen LogP contribution >= 0.6 is 0 Å². The molecule has 6 heteroatoms. The molecule has 1 saturated heterocycles. The van der Waals surface area contributed by atoms with Crippen LogP contribution in [0.15, 0.2) is 67.0 Å². The SMILES string of the molecule is C#Cc1ccc(-c2cc3c(N4CCC(c5nc(C6CC6)c(-c6ccccc6)[nH]5)CC4)ncnc3[nH]2)cc1. The molecule has 2 aromatic carbocycles. The monoisotopic (exact) mass is 484 g/mol. The lowest BCUT2D eigenvalue weighted by Gasteiger charge is -2.32. The molecule has 0 atom stereocenters. The number of hydrogen-bond donors (Lipinski definition) is 2. The van der Waals surface area contributed by atoms with E-state index in [2.05, 4.69) is 62.2 Å². The van der Waals surface area contributed by atoms with Crippen LogP contribution in [0.2, 0.25) is 0 Å². The molecular formula is C31H28N6. The minimum Gasteiger partial charge on any atom is -0.356 e. The standard InChI is InChI=1S/C31H28N6/c1-2-20-8-10-21(11-9-20)26-18-25-30(34-26)32-19-33-31(25)37-16-14-24(15-17-37)29-35-27(22-6-4-3-5-7-22)28(36-29)23-12-13-23/h1,3-11,18-19,23-24H,12-17H2,(H,35,36)(H,32,33,34). The van der Waals surface area contributed by atoms with Gasteiger partial charge < -0.3 is 14.9 Å². The second kappa shape index (κ2) is 8.94. The smallest absolute Gasteiger partial charge is 0.143 e. The van der Waals surface area contributed by atoms with E-state index in [9.17, 15) is 0 Å². The van der Waals surface area contributed by atoms with Gasteiger partial charge in [-0.25, -0.2) is 15.0 Å². The number of nitrogens with zero attached hydrogens (tertiary/aromatic N) is 4. The maximum Gasteiger partial charge on any atom is 0.143 e. The van der Waals surface area contributed by atoms with Crippen molar-refractivity contribution >= 4 is 16.9 Å². The van der Waals surface area contributed by atoms with Crippen molar-refractivity contribution in [2.24, 2.45) is 0 Å². The maximum absolute atomic E-state index is 5.51. The molecule has 0 radical (unpaired) electrons. The first-order valence-corrected chi connectivity index (χ1v) is 13.1. The van der Waals surface area contributed by atoms with Gasteiger partial charge in [0.2, 0.25) is 0 Å². The Labute approximate surface area is 216 Å². The number of aromatic amines is 2. The van der Waals surface area contributed by atoms with Crippen LogP contribution in [-0.4, -0.2) is 38.0 Å². The van der Waals surface area contributed by atoms with Gasteiger partial charge in [0.05, 0.1) is 16.8 Å². The fourth-order valence-corrected chi connectivity index (χ4v) is 5.52. The van der Waals surface area contributed by atoms with E-state index in [1.807, 2.05) is 24.3 Å². The van der Waals surface area contributed by atoms with Gasteiger partial charge in [0.15, 0.2) is 0 Å². The average molecular weight is 485 g/mol. The number of hydrogen-bond acceptors (Lipinski definition) is 4. The van der Waals surface area contributed by atoms with Crippen LogP contribution in [0.4, 0.5) is 5.82 Å². The molecule has 182 valence electrons. The minimum absolute atomic E-state index is 0.431. The number of rotatable bonds is 5. The van der Waals surface area contributed by atoms with Crippen molar-refractivity contribution in [1.29, 1.82) is 0 Å². The average Bonchev–Trinajstić information content (AvgIpc) is 3.55. The largest absolute Gasteiger partial charge is 0.356 e. The van der Waals surface area contributed by atoms with Crippen molar-refractivity contribution in [3.63, 3.8) is 0 Å². The highest BCUT2D eigenvalue weighted by molar-refractivity contribution is 5.92. The Morgan fingerprint density at radius 1 is 0.838 bits per heavy atom. The van der Waals surface area contributed by atoms with Gasteiger partial charge in [-0.05, 0) is 55.0 Å². The molecule has 0 unspecified atom stereocenters. The van der Waals surface area contributed by atoms with Gasteiger partial charge in [-0.2, -0.15) is 0 Å². The molecule has 2 aliphatic rings. The topological polar surface area (TPSA) is 73.5 Å². The summed E-state index contributed by atoms with van der Waals surface area (Å²) < 4.78 is 0. The number of anilines is 1. The van der Waals surface area contributed by atoms with Crippen LogP contribution in [-0.2, 0) is 0 Å². The Morgan fingerprint density at radius 2 is 1.62 bits per heavy atom. The second-order valence-corrected chi connectivity index (χ2v) is 10.1. The first-order chi connectivity index (χ1) is 18.3. The predicted molar refractivity (Wildman–Crippen MR) is 147 cm³/mol. The number of nitrogens with one attached hydrogen (secondary N) is 2. The van der Waals surface area contributed by atoms with Crippen LogP contribution < -0.4 is 4.90 Å². The number of fused-ring (bicyclic) bond motifs is 1. The molecule has 3 aromatic heterocycles. The summed E-state index contributed by atoms with van der Waals surface area (Å²) in [4.78, 5) is 23.9. The number of H-pyrrole nitrogens is 2. The highest BCUT2D eigenvalue weighted by Crippen LogP contribution is 2.44. The van der Waals surface area contributed by atoms with Gasteiger partial charge in [0, 0.05) is 36.2 Å². The first kappa shape index (κ1) is 21.9. The van der Waals surface area contributed by atoms with Gasteiger partial charge in [-0.1, -0.05) is 48.4 Å². The summed E-state index contributed by atoms with van der Waals surface area (Å²) in [6.45, 7) is 1.88. The van der Waals surface area contributed by atoms with Gasteiger partial charge in [-0.15, -0.1) is 6.42 Å². The summed E-state index contributed by atoms with van der Waals surface area (Å²) >= 11 is 0. The highest BCUT2D eigenvalue weighted by Gasteiger charge is 2.32. The zero-order valence-electron chi connectivity index (χ0n) is 20.6. The fourth-order valence-electron chi connectivity index (χ4n) is 5.52. The van der Waals surface area contributed by atoms with Crippen LogP contribution in [0, 0.1) is 12.3 Å². The van der Waals surface area contributed by atoms with E-state index in [4.69, 9.17) is 16.4 Å². The summed E-state index contributed by atoms with van der Waals surface area (Å²) in [5.41, 5.74) is 7.55. The predicted octanol–water partition coefficient (Wildman–Crippen LogP) is 6.26. The molecule has 5 aromatic rings. The number of terminal acetylenes is 1. The lowest BCUT2D eigenvalue weighted by molar-refractivity contribution is 0.486. The normalized spacial score (nSPS) is 16.2. The van der Waals surface area contributed by atoms with Gasteiger partial charge in [-0.3, -0.25) is 0 Å². The molecule has 7 rings (SSSR count). The Morgan fingerprint density at radius 3 is 2.35 bits per heavy atom. The first-order valence-electron chi connectivity index (χ1n) is 13.1. The van der Waals surface area contributed by atoms with Gasteiger partial charge >= 0.3 is 0 Å². The lowest BCUT2D eigenvalue weighted by atomic mass is 9.96. The minimum atomic E-state index is 0.431. The van der Waals surface area contributed by atoms with Crippen molar-refractivity contribution < 1.29 is 0 Å². The van der Waals surface area contributed by atoms with Crippen LogP contribution in [0.3, 0.4) is 0 Å². The van der Waals surface area contributed by atoms with Crippen molar-refractivity contribution in [2.75, 3.05) is 18.0 Å². The van der Waals surface area contributed by atoms with Crippen molar-refractivity contribution in [2.45, 2.75) is 37.5 Å². The van der Waals surface area contributed by atoms with Crippen LogP contribution in [0.5, 0.6) is 0 Å². The van der Waals surface area contributed by atoms with E-state index in [0.29, 0.717) is 11.8 Å². The summed E-state index contributed by atoms with van der Waals surface area (Å²) in [5.74, 6) is 5.86. The van der Waals surface area contributed by atoms with Crippen LogP contribution in [0.25, 0.3) is 33.5 Å². The quantitative estimate of drug-likeness (QED) is 0.289. The molecule has 6 nitrogen and oxygen atoms in total. The van der Waals surface area contributed by atoms with Gasteiger partial charge in [0.25, 0.3) is 0 Å². The zero-order chi connectivity index (χ0) is 24.8. The third-order valence-electron chi connectivity index (χ3n) is 7.73.